The molecule has 2 aromatic carbocycles. The molecule has 0 unspecified atom stereocenters. The minimum Gasteiger partial charge on any atom is -0.497 e. The van der Waals surface area contributed by atoms with Gasteiger partial charge < -0.3 is 9.75 Å². The number of likely N-dealkylation sites (N-methyl/N-ethyl adjacent to an activating group) is 1. The normalized spacial score (nSPS) is 19.0. The van der Waals surface area contributed by atoms with Crippen molar-refractivity contribution in [1.29, 1.82) is 0 Å². The molecule has 1 aliphatic rings. The van der Waals surface area contributed by atoms with Gasteiger partial charge in [-0.2, -0.15) is 0 Å². The van der Waals surface area contributed by atoms with Crippen LogP contribution in [-0.4, -0.2) is 32.1 Å². The van der Waals surface area contributed by atoms with Gasteiger partial charge in [-0.05, 0) is 54.9 Å². The van der Waals surface area contributed by atoms with Crippen LogP contribution in [0.25, 0.3) is 5.57 Å². The van der Waals surface area contributed by atoms with E-state index in [9.17, 15) is 0 Å². The number of fused-ring (bicyclic) bond motifs is 1. The molecule has 0 saturated heterocycles. The fourth-order valence-corrected chi connectivity index (χ4v) is 3.43. The Kier molecular flexibility index (Phi) is 5.33. The zero-order chi connectivity index (χ0) is 18.0. The summed E-state index contributed by atoms with van der Waals surface area (Å²) in [7, 11) is 3.80. The number of hydrogen-bond acceptors (Lipinski definition) is 4. The number of hydrogen-bond donors (Lipinski definition) is 1. The highest BCUT2D eigenvalue weighted by molar-refractivity contribution is 6.30. The van der Waals surface area contributed by atoms with Gasteiger partial charge in [0.2, 0.25) is 0 Å². The van der Waals surface area contributed by atoms with Gasteiger partial charge in [0.15, 0.2) is 0 Å². The van der Waals surface area contributed by atoms with Gasteiger partial charge in [-0.1, -0.05) is 30.3 Å². The molecule has 132 valence electrons. The maximum Gasteiger partial charge on any atom is 0.118 e. The molecule has 2 aromatic rings. The van der Waals surface area contributed by atoms with Crippen LogP contribution in [0.2, 0.25) is 5.02 Å². The van der Waals surface area contributed by atoms with E-state index in [4.69, 9.17) is 22.2 Å². The van der Waals surface area contributed by atoms with E-state index >= 15 is 0 Å². The van der Waals surface area contributed by atoms with E-state index in [1.54, 1.807) is 12.1 Å². The largest absolute Gasteiger partial charge is 0.497 e. The highest BCUT2D eigenvalue weighted by Crippen LogP contribution is 2.34. The molecular formula is C20H24ClN3O. The predicted molar refractivity (Wildman–Crippen MR) is 105 cm³/mol. The molecule has 5 heteroatoms. The summed E-state index contributed by atoms with van der Waals surface area (Å²) in [6.45, 7) is 5.81. The van der Waals surface area contributed by atoms with E-state index in [0.29, 0.717) is 11.6 Å². The minimum absolute atomic E-state index is 0.172. The molecule has 0 saturated carbocycles. The molecule has 0 bridgehead atoms. The van der Waals surface area contributed by atoms with E-state index in [0.717, 1.165) is 35.5 Å². The Hall–Kier alpha value is -2.01. The topological polar surface area (TPSA) is 41.7 Å². The number of benzene rings is 2. The number of anilines is 1. The number of nitrogens with zero attached hydrogens (tertiary/aromatic N) is 2. The second-order valence-corrected chi connectivity index (χ2v) is 6.87. The van der Waals surface area contributed by atoms with Crippen LogP contribution in [0, 0.1) is 0 Å². The average Bonchev–Trinajstić information content (AvgIpc) is 2.67. The maximum atomic E-state index is 6.44. The van der Waals surface area contributed by atoms with Crippen molar-refractivity contribution < 1.29 is 4.74 Å². The molecular weight excluding hydrogens is 334 g/mol. The number of halogens is 1. The van der Waals surface area contributed by atoms with Crippen molar-refractivity contribution in [2.24, 2.45) is 5.84 Å². The standard InChI is InChI=1S/C20H24ClN3O/c1-14-10-11-23(2)20(15-4-7-17(25-3)8-5-15)13-24(22)19-9-6-16(21)12-18(14)19/h4-9,12,20H,1,10-11,13,22H2,2-3H3/t20-/m1/s1. The van der Waals surface area contributed by atoms with Crippen molar-refractivity contribution in [3.05, 3.63) is 65.2 Å². The lowest BCUT2D eigenvalue weighted by atomic mass is 10.0. The lowest BCUT2D eigenvalue weighted by Crippen LogP contribution is -2.40. The Balaban J connectivity index is 1.96. The monoisotopic (exact) mass is 357 g/mol. The van der Waals surface area contributed by atoms with Gasteiger partial charge in [0.05, 0.1) is 25.4 Å². The first-order valence-corrected chi connectivity index (χ1v) is 8.71. The van der Waals surface area contributed by atoms with E-state index in [1.165, 1.54) is 5.56 Å². The smallest absolute Gasteiger partial charge is 0.118 e. The highest BCUT2D eigenvalue weighted by atomic mass is 35.5. The van der Waals surface area contributed by atoms with Crippen molar-refractivity contribution >= 4 is 22.9 Å². The molecule has 4 nitrogen and oxygen atoms in total. The van der Waals surface area contributed by atoms with E-state index < -0.39 is 0 Å². The summed E-state index contributed by atoms with van der Waals surface area (Å²) in [5.74, 6) is 7.30. The summed E-state index contributed by atoms with van der Waals surface area (Å²) in [6.07, 6.45) is 0.865. The molecule has 25 heavy (non-hydrogen) atoms. The molecule has 0 aromatic heterocycles. The third kappa shape index (κ3) is 3.82. The Morgan fingerprint density at radius 3 is 2.60 bits per heavy atom. The summed E-state index contributed by atoms with van der Waals surface area (Å²) < 4.78 is 5.27. The van der Waals surface area contributed by atoms with Crippen LogP contribution in [0.5, 0.6) is 5.75 Å². The zero-order valence-corrected chi connectivity index (χ0v) is 15.5. The molecule has 3 rings (SSSR count). The van der Waals surface area contributed by atoms with Crippen molar-refractivity contribution in [1.82, 2.24) is 4.90 Å². The molecule has 1 heterocycles. The van der Waals surface area contributed by atoms with E-state index in [1.807, 2.05) is 30.3 Å². The lowest BCUT2D eigenvalue weighted by molar-refractivity contribution is 0.253. The van der Waals surface area contributed by atoms with Crippen molar-refractivity contribution in [3.8, 4) is 5.75 Å². The second kappa shape index (κ2) is 7.48. The van der Waals surface area contributed by atoms with Gasteiger partial charge in [0.25, 0.3) is 0 Å². The van der Waals surface area contributed by atoms with Crippen LogP contribution in [0.1, 0.15) is 23.6 Å². The predicted octanol–water partition coefficient (Wildman–Crippen LogP) is 4.12. The molecule has 1 aliphatic heterocycles. The second-order valence-electron chi connectivity index (χ2n) is 6.44. The summed E-state index contributed by atoms with van der Waals surface area (Å²) in [5.41, 5.74) is 4.25. The van der Waals surface area contributed by atoms with Gasteiger partial charge in [-0.15, -0.1) is 0 Å². The SMILES string of the molecule is C=C1CCN(C)[C@@H](c2ccc(OC)cc2)CN(N)c2ccc(Cl)cc21. The van der Waals surface area contributed by atoms with Gasteiger partial charge in [-0.25, -0.2) is 5.84 Å². The molecule has 2 N–H and O–H groups in total. The fraction of sp³-hybridized carbons (Fsp3) is 0.300. The summed E-state index contributed by atoms with van der Waals surface area (Å²) >= 11 is 6.18. The van der Waals surface area contributed by atoms with E-state index in [-0.39, 0.29) is 6.04 Å². The van der Waals surface area contributed by atoms with Gasteiger partial charge in [-0.3, -0.25) is 4.90 Å². The highest BCUT2D eigenvalue weighted by Gasteiger charge is 2.24. The quantitative estimate of drug-likeness (QED) is 0.821. The van der Waals surface area contributed by atoms with Crippen LogP contribution in [0.4, 0.5) is 5.69 Å². The molecule has 0 spiro atoms. The Morgan fingerprint density at radius 2 is 1.92 bits per heavy atom. The van der Waals surface area contributed by atoms with E-state index in [2.05, 4.69) is 30.7 Å². The number of hydrazine groups is 1. The fourth-order valence-electron chi connectivity index (χ4n) is 3.25. The van der Waals surface area contributed by atoms with Crippen LogP contribution < -0.4 is 15.6 Å². The summed E-state index contributed by atoms with van der Waals surface area (Å²) in [5, 5.41) is 2.50. The van der Waals surface area contributed by atoms with Crippen molar-refractivity contribution in [3.63, 3.8) is 0 Å². The first-order valence-electron chi connectivity index (χ1n) is 8.33. The number of rotatable bonds is 2. The first-order chi connectivity index (χ1) is 12.0. The van der Waals surface area contributed by atoms with Crippen molar-refractivity contribution in [2.45, 2.75) is 12.5 Å². The van der Waals surface area contributed by atoms with Crippen LogP contribution in [0.3, 0.4) is 0 Å². The summed E-state index contributed by atoms with van der Waals surface area (Å²) in [4.78, 5) is 2.32. The maximum absolute atomic E-state index is 6.44. The van der Waals surface area contributed by atoms with Gasteiger partial charge >= 0.3 is 0 Å². The molecule has 0 amide bonds. The third-order valence-electron chi connectivity index (χ3n) is 4.82. The lowest BCUT2D eigenvalue weighted by Gasteiger charge is -2.31. The molecule has 0 aliphatic carbocycles. The number of ether oxygens (including phenoxy) is 1. The average molecular weight is 358 g/mol. The Labute approximate surface area is 154 Å². The third-order valence-corrected chi connectivity index (χ3v) is 5.05. The Morgan fingerprint density at radius 1 is 1.20 bits per heavy atom. The van der Waals surface area contributed by atoms with Crippen LogP contribution in [-0.2, 0) is 0 Å². The number of nitrogens with two attached hydrogens (primary N) is 1. The molecule has 0 radical (unpaired) electrons. The van der Waals surface area contributed by atoms with Gasteiger partial charge in [0.1, 0.15) is 5.75 Å². The van der Waals surface area contributed by atoms with Crippen molar-refractivity contribution in [2.75, 3.05) is 32.3 Å². The molecule has 1 atom stereocenters. The number of methoxy groups -OCH3 is 1. The Bertz CT molecular complexity index is 760. The zero-order valence-electron chi connectivity index (χ0n) is 14.7. The van der Waals surface area contributed by atoms with Crippen LogP contribution >= 0.6 is 11.6 Å². The summed E-state index contributed by atoms with van der Waals surface area (Å²) in [6, 6.07) is 14.1. The van der Waals surface area contributed by atoms with Crippen LogP contribution in [0.15, 0.2) is 49.0 Å². The van der Waals surface area contributed by atoms with Gasteiger partial charge in [0, 0.05) is 17.1 Å². The first kappa shape index (κ1) is 17.8. The minimum atomic E-state index is 0.172. The molecule has 0 fully saturated rings.